The number of benzene rings is 1. The zero-order chi connectivity index (χ0) is 10.7. The molecule has 15 heavy (non-hydrogen) atoms. The van der Waals surface area contributed by atoms with Gasteiger partial charge in [0.1, 0.15) is 5.82 Å². The van der Waals surface area contributed by atoms with Crippen LogP contribution in [0.3, 0.4) is 0 Å². The summed E-state index contributed by atoms with van der Waals surface area (Å²) in [7, 11) is 0. The van der Waals surface area contributed by atoms with Crippen LogP contribution in [0.2, 0.25) is 0 Å². The third kappa shape index (κ3) is 3.03. The Balaban J connectivity index is 1.89. The maximum absolute atomic E-state index is 12.7. The highest BCUT2D eigenvalue weighted by Gasteiger charge is 2.19. The summed E-state index contributed by atoms with van der Waals surface area (Å²) < 4.78 is 12.7. The van der Waals surface area contributed by atoms with Gasteiger partial charge in [0, 0.05) is 0 Å². The van der Waals surface area contributed by atoms with Crippen LogP contribution in [0.4, 0.5) is 4.39 Å². The number of aliphatic hydroxyl groups excluding tert-OH is 1. The van der Waals surface area contributed by atoms with Gasteiger partial charge in [-0.3, -0.25) is 0 Å². The van der Waals surface area contributed by atoms with Crippen molar-refractivity contribution in [3.63, 3.8) is 0 Å². The molecule has 1 aromatic rings. The van der Waals surface area contributed by atoms with Crippen molar-refractivity contribution < 1.29 is 9.50 Å². The number of aliphatic hydroxyl groups is 1. The van der Waals surface area contributed by atoms with E-state index in [9.17, 15) is 9.50 Å². The Labute approximate surface area is 89.9 Å². The van der Waals surface area contributed by atoms with Gasteiger partial charge in [0.2, 0.25) is 0 Å². The lowest BCUT2D eigenvalue weighted by Crippen LogP contribution is -2.19. The predicted octanol–water partition coefficient (Wildman–Crippen LogP) is 2.92. The second kappa shape index (κ2) is 4.75. The van der Waals surface area contributed by atoms with E-state index in [-0.39, 0.29) is 11.9 Å². The Morgan fingerprint density at radius 1 is 1.07 bits per heavy atom. The molecule has 0 unspecified atom stereocenters. The van der Waals surface area contributed by atoms with Crippen LogP contribution in [0.1, 0.15) is 31.2 Å². The van der Waals surface area contributed by atoms with Crippen molar-refractivity contribution in [2.24, 2.45) is 5.92 Å². The Kier molecular flexibility index (Phi) is 3.37. The zero-order valence-corrected chi connectivity index (χ0v) is 8.82. The van der Waals surface area contributed by atoms with Crippen molar-refractivity contribution in [1.82, 2.24) is 0 Å². The lowest BCUT2D eigenvalue weighted by Gasteiger charge is -2.25. The van der Waals surface area contributed by atoms with E-state index in [2.05, 4.69) is 0 Å². The van der Waals surface area contributed by atoms with Gasteiger partial charge in [-0.2, -0.15) is 0 Å². The molecule has 0 amide bonds. The van der Waals surface area contributed by atoms with Gasteiger partial charge in [-0.05, 0) is 55.7 Å². The molecular weight excluding hydrogens is 191 g/mol. The molecule has 1 saturated carbocycles. The first kappa shape index (κ1) is 10.6. The summed E-state index contributed by atoms with van der Waals surface area (Å²) >= 11 is 0. The molecule has 1 nitrogen and oxygen atoms in total. The second-order valence-corrected chi connectivity index (χ2v) is 4.51. The topological polar surface area (TPSA) is 20.2 Å². The fourth-order valence-electron chi connectivity index (χ4n) is 2.30. The molecular formula is C13H17FO. The van der Waals surface area contributed by atoms with E-state index in [1.54, 1.807) is 0 Å². The maximum atomic E-state index is 12.7. The molecule has 1 aliphatic carbocycles. The maximum Gasteiger partial charge on any atom is 0.123 e. The number of hydrogen-bond acceptors (Lipinski definition) is 1. The van der Waals surface area contributed by atoms with Crippen molar-refractivity contribution in [2.45, 2.75) is 38.2 Å². The van der Waals surface area contributed by atoms with Gasteiger partial charge in [-0.25, -0.2) is 4.39 Å². The third-order valence-corrected chi connectivity index (χ3v) is 3.25. The van der Waals surface area contributed by atoms with Crippen molar-refractivity contribution in [3.05, 3.63) is 35.6 Å². The third-order valence-electron chi connectivity index (χ3n) is 3.25. The van der Waals surface area contributed by atoms with E-state index < -0.39 is 0 Å². The van der Waals surface area contributed by atoms with Crippen molar-refractivity contribution >= 4 is 0 Å². The van der Waals surface area contributed by atoms with Crippen LogP contribution in [0, 0.1) is 11.7 Å². The smallest absolute Gasteiger partial charge is 0.123 e. The van der Waals surface area contributed by atoms with Gasteiger partial charge in [0.05, 0.1) is 6.10 Å². The molecule has 0 radical (unpaired) electrons. The number of halogens is 1. The molecule has 2 rings (SSSR count). The van der Waals surface area contributed by atoms with Gasteiger partial charge in [-0.15, -0.1) is 0 Å². The summed E-state index contributed by atoms with van der Waals surface area (Å²) in [6.07, 6.45) is 4.97. The Morgan fingerprint density at radius 2 is 1.67 bits per heavy atom. The average molecular weight is 208 g/mol. The van der Waals surface area contributed by atoms with Crippen LogP contribution < -0.4 is 0 Å². The largest absolute Gasteiger partial charge is 0.393 e. The molecule has 0 aromatic heterocycles. The summed E-state index contributed by atoms with van der Waals surface area (Å²) in [6.45, 7) is 0. The minimum Gasteiger partial charge on any atom is -0.393 e. The van der Waals surface area contributed by atoms with Crippen LogP contribution in [0.15, 0.2) is 24.3 Å². The minimum absolute atomic E-state index is 0.0885. The van der Waals surface area contributed by atoms with E-state index in [0.29, 0.717) is 5.92 Å². The lowest BCUT2D eigenvalue weighted by molar-refractivity contribution is 0.109. The lowest BCUT2D eigenvalue weighted by atomic mass is 9.83. The van der Waals surface area contributed by atoms with Gasteiger partial charge in [0.15, 0.2) is 0 Å². The Bertz CT molecular complexity index is 299. The fourth-order valence-corrected chi connectivity index (χ4v) is 2.30. The molecule has 1 N–H and O–H groups in total. The summed E-state index contributed by atoms with van der Waals surface area (Å²) in [5.41, 5.74) is 1.21. The molecule has 1 aliphatic rings. The highest BCUT2D eigenvalue weighted by Crippen LogP contribution is 2.27. The SMILES string of the molecule is OC1CCC(Cc2ccc(F)cc2)CC1. The van der Waals surface area contributed by atoms with E-state index >= 15 is 0 Å². The first-order valence-corrected chi connectivity index (χ1v) is 5.66. The molecule has 82 valence electrons. The van der Waals surface area contributed by atoms with Crippen LogP contribution in [0.25, 0.3) is 0 Å². The second-order valence-electron chi connectivity index (χ2n) is 4.51. The molecule has 0 atom stereocenters. The molecule has 0 heterocycles. The molecule has 0 spiro atoms. The quantitative estimate of drug-likeness (QED) is 0.792. The van der Waals surface area contributed by atoms with Gasteiger partial charge < -0.3 is 5.11 Å². The van der Waals surface area contributed by atoms with Crippen molar-refractivity contribution in [3.8, 4) is 0 Å². The van der Waals surface area contributed by atoms with E-state index in [1.807, 2.05) is 12.1 Å². The molecule has 2 heteroatoms. The molecule has 1 fully saturated rings. The Morgan fingerprint density at radius 3 is 2.27 bits per heavy atom. The standard InChI is InChI=1S/C13H17FO/c14-12-5-1-10(2-6-12)9-11-3-7-13(15)8-4-11/h1-2,5-6,11,13,15H,3-4,7-9H2. The van der Waals surface area contributed by atoms with Crippen LogP contribution in [0.5, 0.6) is 0 Å². The zero-order valence-electron chi connectivity index (χ0n) is 8.82. The summed E-state index contributed by atoms with van der Waals surface area (Å²) in [5, 5.41) is 9.38. The van der Waals surface area contributed by atoms with Crippen LogP contribution in [-0.4, -0.2) is 11.2 Å². The van der Waals surface area contributed by atoms with Crippen LogP contribution in [-0.2, 0) is 6.42 Å². The minimum atomic E-state index is -0.169. The Hall–Kier alpha value is -0.890. The van der Waals surface area contributed by atoms with Crippen molar-refractivity contribution in [1.29, 1.82) is 0 Å². The van der Waals surface area contributed by atoms with Gasteiger partial charge >= 0.3 is 0 Å². The first-order chi connectivity index (χ1) is 7.24. The predicted molar refractivity (Wildman–Crippen MR) is 58.1 cm³/mol. The summed E-state index contributed by atoms with van der Waals surface area (Å²) in [6, 6.07) is 6.76. The van der Waals surface area contributed by atoms with Gasteiger partial charge in [-0.1, -0.05) is 12.1 Å². The first-order valence-electron chi connectivity index (χ1n) is 5.66. The normalized spacial score (nSPS) is 26.5. The van der Waals surface area contributed by atoms with Gasteiger partial charge in [0.25, 0.3) is 0 Å². The highest BCUT2D eigenvalue weighted by atomic mass is 19.1. The van der Waals surface area contributed by atoms with Crippen molar-refractivity contribution in [2.75, 3.05) is 0 Å². The molecule has 0 saturated heterocycles. The van der Waals surface area contributed by atoms with E-state index in [4.69, 9.17) is 0 Å². The number of rotatable bonds is 2. The fraction of sp³-hybridized carbons (Fsp3) is 0.538. The molecule has 0 aliphatic heterocycles. The summed E-state index contributed by atoms with van der Waals surface area (Å²) in [4.78, 5) is 0. The monoisotopic (exact) mass is 208 g/mol. The number of hydrogen-bond donors (Lipinski definition) is 1. The average Bonchev–Trinajstić information content (AvgIpc) is 2.25. The molecule has 0 bridgehead atoms. The van der Waals surface area contributed by atoms with Crippen LogP contribution >= 0.6 is 0 Å². The van der Waals surface area contributed by atoms with E-state index in [0.717, 1.165) is 32.1 Å². The highest BCUT2D eigenvalue weighted by molar-refractivity contribution is 5.16. The summed E-state index contributed by atoms with van der Waals surface area (Å²) in [5.74, 6) is 0.497. The molecule has 1 aromatic carbocycles. The van der Waals surface area contributed by atoms with E-state index in [1.165, 1.54) is 17.7 Å².